The quantitative estimate of drug-likeness (QED) is 0.666. The number of benzene rings is 1. The van der Waals surface area contributed by atoms with Gasteiger partial charge in [0.15, 0.2) is 11.3 Å². The molecule has 1 aromatic carbocycles. The van der Waals surface area contributed by atoms with E-state index in [1.54, 1.807) is 13.0 Å². The first kappa shape index (κ1) is 18.2. The van der Waals surface area contributed by atoms with Gasteiger partial charge in [-0.25, -0.2) is 9.37 Å². The van der Waals surface area contributed by atoms with Gasteiger partial charge in [-0.2, -0.15) is 22.8 Å². The fraction of sp³-hybridized carbons (Fsp3) is 0.333. The third-order valence-corrected chi connectivity index (χ3v) is 3.81. The van der Waals surface area contributed by atoms with Gasteiger partial charge < -0.3 is 5.32 Å². The zero-order valence-corrected chi connectivity index (χ0v) is 14.5. The molecule has 0 aliphatic heterocycles. The lowest BCUT2D eigenvalue weighted by atomic mass is 10.1. The molecule has 3 rings (SSSR count). The van der Waals surface area contributed by atoms with Crippen LogP contribution in [0.1, 0.15) is 25.2 Å². The van der Waals surface area contributed by atoms with Crippen LogP contribution in [0.15, 0.2) is 30.3 Å². The Balaban J connectivity index is 2.28. The van der Waals surface area contributed by atoms with Gasteiger partial charge in [0.2, 0.25) is 0 Å². The maximum Gasteiger partial charge on any atom is 0.435 e. The molecule has 0 bridgehead atoms. The molecule has 0 fully saturated rings. The van der Waals surface area contributed by atoms with Gasteiger partial charge in [0.05, 0.1) is 5.56 Å². The number of anilines is 1. The summed E-state index contributed by atoms with van der Waals surface area (Å²) in [7, 11) is 0. The molecule has 8 heteroatoms. The minimum absolute atomic E-state index is 0.0789. The Morgan fingerprint density at radius 3 is 2.38 bits per heavy atom. The highest BCUT2D eigenvalue weighted by Gasteiger charge is 2.39. The number of nitrogens with one attached hydrogen (secondary N) is 1. The van der Waals surface area contributed by atoms with Crippen LogP contribution >= 0.6 is 0 Å². The molecular weight excluding hydrogens is 348 g/mol. The highest BCUT2D eigenvalue weighted by atomic mass is 19.4. The van der Waals surface area contributed by atoms with E-state index in [2.05, 4.69) is 15.4 Å². The van der Waals surface area contributed by atoms with Gasteiger partial charge in [0, 0.05) is 18.3 Å². The molecule has 0 aliphatic carbocycles. The van der Waals surface area contributed by atoms with Crippen molar-refractivity contribution < 1.29 is 17.6 Å². The number of fused-ring (bicyclic) bond motifs is 1. The Bertz CT molecular complexity index is 927. The van der Waals surface area contributed by atoms with E-state index >= 15 is 0 Å². The van der Waals surface area contributed by atoms with E-state index in [-0.39, 0.29) is 16.8 Å². The lowest BCUT2D eigenvalue weighted by molar-refractivity contribution is -0.140. The van der Waals surface area contributed by atoms with Gasteiger partial charge in [0.25, 0.3) is 0 Å². The molecule has 0 amide bonds. The molecule has 0 aliphatic rings. The third-order valence-electron chi connectivity index (χ3n) is 3.81. The molecule has 4 nitrogen and oxygen atoms in total. The first-order chi connectivity index (χ1) is 12.2. The Hall–Kier alpha value is -2.64. The van der Waals surface area contributed by atoms with Gasteiger partial charge in [-0.1, -0.05) is 26.0 Å². The van der Waals surface area contributed by atoms with Crippen molar-refractivity contribution in [3.8, 4) is 11.1 Å². The van der Waals surface area contributed by atoms with E-state index in [0.717, 1.165) is 16.6 Å². The lowest BCUT2D eigenvalue weighted by Gasteiger charge is -2.11. The van der Waals surface area contributed by atoms with Crippen molar-refractivity contribution in [2.45, 2.75) is 26.9 Å². The highest BCUT2D eigenvalue weighted by molar-refractivity contribution is 5.81. The van der Waals surface area contributed by atoms with Gasteiger partial charge in [-0.15, -0.1) is 0 Å². The standard InChI is InChI=1S/C18H18F4N4/c1-10(2)9-23-14-8-11(3)24-17-15(12-4-6-13(19)7-5-12)16(18(20,21)22)25-26(14)17/h4-8,10,23H,9H2,1-3H3. The van der Waals surface area contributed by atoms with Gasteiger partial charge in [-0.05, 0) is 30.5 Å². The van der Waals surface area contributed by atoms with E-state index in [9.17, 15) is 17.6 Å². The van der Waals surface area contributed by atoms with Gasteiger partial charge in [-0.3, -0.25) is 0 Å². The molecule has 2 heterocycles. The predicted octanol–water partition coefficient (Wildman–Crippen LogP) is 4.93. The van der Waals surface area contributed by atoms with Crippen LogP contribution < -0.4 is 5.32 Å². The average Bonchev–Trinajstić information content (AvgIpc) is 2.93. The number of aromatic nitrogens is 3. The summed E-state index contributed by atoms with van der Waals surface area (Å²) in [6.45, 7) is 6.26. The fourth-order valence-corrected chi connectivity index (χ4v) is 2.65. The van der Waals surface area contributed by atoms with Crippen LogP contribution in [-0.4, -0.2) is 21.1 Å². The van der Waals surface area contributed by atoms with Crippen LogP contribution in [0.2, 0.25) is 0 Å². The zero-order chi connectivity index (χ0) is 19.1. The second-order valence-corrected chi connectivity index (χ2v) is 6.52. The number of aryl methyl sites for hydroxylation is 1. The summed E-state index contributed by atoms with van der Waals surface area (Å²) < 4.78 is 55.2. The number of hydrogen-bond donors (Lipinski definition) is 1. The maximum absolute atomic E-state index is 13.6. The van der Waals surface area contributed by atoms with Crippen molar-refractivity contribution in [1.29, 1.82) is 0 Å². The van der Waals surface area contributed by atoms with Crippen LogP contribution in [0.3, 0.4) is 0 Å². The summed E-state index contributed by atoms with van der Waals surface area (Å²) in [6.07, 6.45) is -4.67. The van der Waals surface area contributed by atoms with E-state index in [0.29, 0.717) is 24.0 Å². The molecule has 0 saturated heterocycles. The number of alkyl halides is 3. The summed E-state index contributed by atoms with van der Waals surface area (Å²) >= 11 is 0. The molecule has 0 unspecified atom stereocenters. The Morgan fingerprint density at radius 2 is 1.81 bits per heavy atom. The fourth-order valence-electron chi connectivity index (χ4n) is 2.65. The summed E-state index contributed by atoms with van der Waals surface area (Å²) in [5.74, 6) is 0.204. The largest absolute Gasteiger partial charge is 0.435 e. The first-order valence-electron chi connectivity index (χ1n) is 8.14. The first-order valence-corrected chi connectivity index (χ1v) is 8.14. The number of halogens is 4. The Kier molecular flexibility index (Phi) is 4.60. The minimum Gasteiger partial charge on any atom is -0.370 e. The smallest absolute Gasteiger partial charge is 0.370 e. The molecule has 1 N–H and O–H groups in total. The molecule has 0 saturated carbocycles. The van der Waals surface area contributed by atoms with E-state index in [4.69, 9.17) is 0 Å². The monoisotopic (exact) mass is 366 g/mol. The summed E-state index contributed by atoms with van der Waals surface area (Å²) in [5, 5.41) is 6.89. The van der Waals surface area contributed by atoms with Crippen LogP contribution in [0.4, 0.5) is 23.4 Å². The molecule has 0 atom stereocenters. The Morgan fingerprint density at radius 1 is 1.15 bits per heavy atom. The van der Waals surface area contributed by atoms with Crippen molar-refractivity contribution in [3.05, 3.63) is 47.5 Å². The van der Waals surface area contributed by atoms with Crippen LogP contribution in [0.25, 0.3) is 16.8 Å². The topological polar surface area (TPSA) is 42.2 Å². The van der Waals surface area contributed by atoms with Crippen LogP contribution in [-0.2, 0) is 6.18 Å². The van der Waals surface area contributed by atoms with Crippen molar-refractivity contribution in [2.75, 3.05) is 11.9 Å². The van der Waals surface area contributed by atoms with E-state index in [1.807, 2.05) is 13.8 Å². The van der Waals surface area contributed by atoms with Gasteiger partial charge >= 0.3 is 6.18 Å². The zero-order valence-electron chi connectivity index (χ0n) is 14.5. The number of rotatable bonds is 4. The molecule has 138 valence electrons. The van der Waals surface area contributed by atoms with Crippen molar-refractivity contribution in [2.24, 2.45) is 5.92 Å². The number of hydrogen-bond acceptors (Lipinski definition) is 3. The predicted molar refractivity (Wildman–Crippen MR) is 91.4 cm³/mol. The van der Waals surface area contributed by atoms with Crippen molar-refractivity contribution in [3.63, 3.8) is 0 Å². The Labute approximate surface area is 147 Å². The number of nitrogens with zero attached hydrogens (tertiary/aromatic N) is 3. The maximum atomic E-state index is 13.6. The van der Waals surface area contributed by atoms with E-state index < -0.39 is 17.7 Å². The summed E-state index contributed by atoms with van der Waals surface area (Å²) in [5.41, 5.74) is -0.360. The lowest BCUT2D eigenvalue weighted by Crippen LogP contribution is -2.13. The molecule has 0 spiro atoms. The summed E-state index contributed by atoms with van der Waals surface area (Å²) in [6, 6.07) is 6.48. The third kappa shape index (κ3) is 3.49. The van der Waals surface area contributed by atoms with Crippen LogP contribution in [0, 0.1) is 18.7 Å². The van der Waals surface area contributed by atoms with E-state index in [1.165, 1.54) is 12.1 Å². The molecular formula is C18H18F4N4. The summed E-state index contributed by atoms with van der Waals surface area (Å²) in [4.78, 5) is 4.26. The highest BCUT2D eigenvalue weighted by Crippen LogP contribution is 2.39. The second kappa shape index (κ2) is 6.59. The molecule has 2 aromatic heterocycles. The minimum atomic E-state index is -4.67. The van der Waals surface area contributed by atoms with Gasteiger partial charge in [0.1, 0.15) is 11.6 Å². The van der Waals surface area contributed by atoms with Crippen molar-refractivity contribution >= 4 is 11.5 Å². The molecule has 3 aromatic rings. The molecule has 26 heavy (non-hydrogen) atoms. The SMILES string of the molecule is Cc1cc(NCC(C)C)n2nc(C(F)(F)F)c(-c3ccc(F)cc3)c2n1. The van der Waals surface area contributed by atoms with Crippen molar-refractivity contribution in [1.82, 2.24) is 14.6 Å². The second-order valence-electron chi connectivity index (χ2n) is 6.52. The normalized spacial score (nSPS) is 12.2. The molecule has 0 radical (unpaired) electrons. The average molecular weight is 366 g/mol. The van der Waals surface area contributed by atoms with Crippen LogP contribution in [0.5, 0.6) is 0 Å².